The van der Waals surface area contributed by atoms with Crippen LogP contribution in [0.25, 0.3) is 0 Å². The molecule has 0 saturated carbocycles. The summed E-state index contributed by atoms with van der Waals surface area (Å²) in [5.41, 5.74) is 0. The zero-order valence-corrected chi connectivity index (χ0v) is 9.22. The molecule has 0 bridgehead atoms. The van der Waals surface area contributed by atoms with Crippen LogP contribution in [0.15, 0.2) is 30.3 Å². The summed E-state index contributed by atoms with van der Waals surface area (Å²) in [5, 5.41) is 0. The molecule has 0 unspecified atom stereocenters. The SMILES string of the molecule is FC(F)(F)C[Te](F)(F)c1ccccc1. The maximum absolute atomic E-state index is 13.1. The van der Waals surface area contributed by atoms with Crippen molar-refractivity contribution in [2.45, 2.75) is 10.6 Å². The summed E-state index contributed by atoms with van der Waals surface area (Å²) in [7, 11) is 0. The number of alkyl halides is 3. The Labute approximate surface area is 83.1 Å². The van der Waals surface area contributed by atoms with Gasteiger partial charge in [0.2, 0.25) is 0 Å². The Kier molecular flexibility index (Phi) is 3.38. The molecule has 0 N–H and O–H groups in total. The number of rotatable bonds is 2. The zero-order valence-electron chi connectivity index (χ0n) is 6.89. The molecule has 0 saturated heterocycles. The summed E-state index contributed by atoms with van der Waals surface area (Å²) >= 11 is -5.89. The summed E-state index contributed by atoms with van der Waals surface area (Å²) in [6.07, 6.45) is -4.78. The number of hydrogen-bond acceptors (Lipinski definition) is 0. The van der Waals surface area contributed by atoms with Gasteiger partial charge in [0.1, 0.15) is 0 Å². The van der Waals surface area contributed by atoms with E-state index in [0.29, 0.717) is 0 Å². The van der Waals surface area contributed by atoms with Crippen molar-refractivity contribution in [1.82, 2.24) is 0 Å². The van der Waals surface area contributed by atoms with Crippen LogP contribution in [0, 0.1) is 0 Å². The number of halogens is 5. The van der Waals surface area contributed by atoms with Gasteiger partial charge in [0.25, 0.3) is 0 Å². The van der Waals surface area contributed by atoms with Crippen LogP contribution < -0.4 is 3.61 Å². The molecule has 0 nitrogen and oxygen atoms in total. The van der Waals surface area contributed by atoms with E-state index in [-0.39, 0.29) is 0 Å². The van der Waals surface area contributed by atoms with Gasteiger partial charge >= 0.3 is 82.9 Å². The van der Waals surface area contributed by atoms with E-state index in [1.165, 1.54) is 18.2 Å². The monoisotopic (exact) mass is 328 g/mol. The van der Waals surface area contributed by atoms with E-state index in [1.807, 2.05) is 0 Å². The molecule has 80 valence electrons. The molecule has 0 atom stereocenters. The molecule has 0 aromatic heterocycles. The molecule has 0 fully saturated rings. The Bertz CT molecular complexity index is 292. The Balaban J connectivity index is 2.86. The van der Waals surface area contributed by atoms with Gasteiger partial charge in [-0.05, 0) is 0 Å². The van der Waals surface area contributed by atoms with E-state index in [2.05, 4.69) is 0 Å². The van der Waals surface area contributed by atoms with Gasteiger partial charge in [-0.3, -0.25) is 0 Å². The van der Waals surface area contributed by atoms with Gasteiger partial charge in [0.15, 0.2) is 0 Å². The Hall–Kier alpha value is -0.340. The molecule has 1 aromatic rings. The predicted octanol–water partition coefficient (Wildman–Crippen LogP) is 2.84. The van der Waals surface area contributed by atoms with Crippen LogP contribution in [0.2, 0.25) is 4.47 Å². The summed E-state index contributed by atoms with van der Waals surface area (Å²) < 4.78 is 59.3. The van der Waals surface area contributed by atoms with Crippen LogP contribution in [-0.4, -0.2) is 25.5 Å². The first-order chi connectivity index (χ1) is 6.31. The molecule has 14 heavy (non-hydrogen) atoms. The molecular weight excluding hydrogens is 319 g/mol. The predicted molar refractivity (Wildman–Crippen MR) is 44.9 cm³/mol. The third-order valence-electron chi connectivity index (χ3n) is 1.43. The van der Waals surface area contributed by atoms with Gasteiger partial charge in [-0.25, -0.2) is 0 Å². The molecule has 1 rings (SSSR count). The minimum absolute atomic E-state index is 0.424. The Morgan fingerprint density at radius 2 is 1.50 bits per heavy atom. The van der Waals surface area contributed by atoms with Gasteiger partial charge in [0, 0.05) is 0 Å². The summed E-state index contributed by atoms with van der Waals surface area (Å²) in [6, 6.07) is 6.27. The van der Waals surface area contributed by atoms with Crippen molar-refractivity contribution in [3.63, 3.8) is 0 Å². The second-order valence-corrected chi connectivity index (χ2v) is 8.10. The third-order valence-corrected chi connectivity index (χ3v) is 6.15. The zero-order chi connectivity index (χ0) is 10.8. The first kappa shape index (κ1) is 11.7. The second kappa shape index (κ2) is 4.03. The summed E-state index contributed by atoms with van der Waals surface area (Å²) in [4.78, 5) is 0. The van der Waals surface area contributed by atoms with Crippen molar-refractivity contribution in [1.29, 1.82) is 0 Å². The molecule has 1 aromatic carbocycles. The third kappa shape index (κ3) is 3.43. The van der Waals surface area contributed by atoms with Crippen LogP contribution in [0.1, 0.15) is 0 Å². The second-order valence-electron chi connectivity index (χ2n) is 2.65. The fourth-order valence-corrected chi connectivity index (χ4v) is 4.14. The quantitative estimate of drug-likeness (QED) is 0.579. The fourth-order valence-electron chi connectivity index (χ4n) is 0.908. The topological polar surface area (TPSA) is 0 Å². The fraction of sp³-hybridized carbons (Fsp3) is 0.250. The molecular formula is C8H7F5Te. The molecule has 6 heteroatoms. The van der Waals surface area contributed by atoms with Crippen molar-refractivity contribution < 1.29 is 19.0 Å². The van der Waals surface area contributed by atoms with E-state index >= 15 is 0 Å². The molecule has 0 radical (unpaired) electrons. The summed E-state index contributed by atoms with van der Waals surface area (Å²) in [6.45, 7) is 0. The molecule has 0 aliphatic heterocycles. The minimum atomic E-state index is -5.89. The number of benzene rings is 1. The number of hydrogen-bond donors (Lipinski definition) is 0. The molecule has 0 aliphatic rings. The molecule has 0 heterocycles. The van der Waals surface area contributed by atoms with Gasteiger partial charge in [-0.1, -0.05) is 0 Å². The first-order valence-corrected chi connectivity index (χ1v) is 8.21. The average molecular weight is 326 g/mol. The Morgan fingerprint density at radius 1 is 1.00 bits per heavy atom. The van der Waals surface area contributed by atoms with Crippen molar-refractivity contribution in [3.05, 3.63) is 30.3 Å². The van der Waals surface area contributed by atoms with Crippen LogP contribution in [0.4, 0.5) is 19.0 Å². The van der Waals surface area contributed by atoms with E-state index in [1.54, 1.807) is 0 Å². The van der Waals surface area contributed by atoms with Crippen molar-refractivity contribution >= 4 is 22.9 Å². The Morgan fingerprint density at radius 3 is 1.93 bits per heavy atom. The van der Waals surface area contributed by atoms with Crippen molar-refractivity contribution in [3.8, 4) is 0 Å². The summed E-state index contributed by atoms with van der Waals surface area (Å²) in [5.74, 6) is 0. The van der Waals surface area contributed by atoms with Crippen LogP contribution in [0.3, 0.4) is 0 Å². The van der Waals surface area contributed by atoms with Gasteiger partial charge in [-0.2, -0.15) is 0 Å². The van der Waals surface area contributed by atoms with Crippen molar-refractivity contribution in [2.75, 3.05) is 0 Å². The standard InChI is InChI=1S/C8H7F5Te/c9-8(10,11)6-14(12,13)7-4-2-1-3-5-7/h1-5H,6H2. The van der Waals surface area contributed by atoms with Crippen LogP contribution in [-0.2, 0) is 0 Å². The average Bonchev–Trinajstić information content (AvgIpc) is 2.01. The van der Waals surface area contributed by atoms with Gasteiger partial charge in [-0.15, -0.1) is 0 Å². The van der Waals surface area contributed by atoms with Gasteiger partial charge in [0.05, 0.1) is 0 Å². The van der Waals surface area contributed by atoms with E-state index < -0.39 is 33.6 Å². The van der Waals surface area contributed by atoms with E-state index in [9.17, 15) is 19.0 Å². The maximum atomic E-state index is 13.1. The van der Waals surface area contributed by atoms with E-state index in [4.69, 9.17) is 0 Å². The van der Waals surface area contributed by atoms with E-state index in [0.717, 1.165) is 12.1 Å². The van der Waals surface area contributed by atoms with Crippen molar-refractivity contribution in [2.24, 2.45) is 0 Å². The molecule has 0 aliphatic carbocycles. The molecule has 0 amide bonds. The van der Waals surface area contributed by atoms with Crippen LogP contribution >= 0.6 is 0 Å². The van der Waals surface area contributed by atoms with Crippen LogP contribution in [0.5, 0.6) is 0 Å². The normalized spacial score (nSPS) is 14.1. The van der Waals surface area contributed by atoms with Gasteiger partial charge < -0.3 is 0 Å². The molecule has 0 spiro atoms. The first-order valence-electron chi connectivity index (χ1n) is 3.63.